The van der Waals surface area contributed by atoms with Crippen LogP contribution in [0.25, 0.3) is 11.5 Å². The lowest BCUT2D eigenvalue weighted by Gasteiger charge is -1.94. The van der Waals surface area contributed by atoms with Crippen molar-refractivity contribution in [2.45, 2.75) is 18.9 Å². The lowest BCUT2D eigenvalue weighted by molar-refractivity contribution is 1.12. The van der Waals surface area contributed by atoms with Crippen molar-refractivity contribution in [1.82, 2.24) is 19.3 Å². The van der Waals surface area contributed by atoms with Gasteiger partial charge >= 0.3 is 0 Å². The van der Waals surface area contributed by atoms with E-state index in [9.17, 15) is 0 Å². The highest BCUT2D eigenvalue weighted by Gasteiger charge is 2.22. The first-order valence-electron chi connectivity index (χ1n) is 4.78. The van der Waals surface area contributed by atoms with E-state index in [1.807, 2.05) is 0 Å². The van der Waals surface area contributed by atoms with E-state index < -0.39 is 0 Å². The standard InChI is InChI=1S/C9H9N5S/c1-2-6(1)12-9-13-8(14-15-9)7-5-10-3-4-11-7/h3-6H,1-2H2,(H,12,13,14). The Morgan fingerprint density at radius 3 is 3.00 bits per heavy atom. The summed E-state index contributed by atoms with van der Waals surface area (Å²) in [6.07, 6.45) is 7.42. The number of anilines is 1. The van der Waals surface area contributed by atoms with Crippen LogP contribution in [-0.2, 0) is 0 Å². The second-order valence-electron chi connectivity index (χ2n) is 3.43. The topological polar surface area (TPSA) is 63.6 Å². The van der Waals surface area contributed by atoms with E-state index >= 15 is 0 Å². The Bertz CT molecular complexity index is 451. The van der Waals surface area contributed by atoms with E-state index in [4.69, 9.17) is 0 Å². The zero-order valence-electron chi connectivity index (χ0n) is 7.92. The predicted octanol–water partition coefficient (Wildman–Crippen LogP) is 1.57. The number of hydrogen-bond acceptors (Lipinski definition) is 6. The summed E-state index contributed by atoms with van der Waals surface area (Å²) in [5, 5.41) is 4.18. The number of nitrogens with zero attached hydrogens (tertiary/aromatic N) is 4. The third kappa shape index (κ3) is 1.94. The van der Waals surface area contributed by atoms with Crippen LogP contribution in [0.15, 0.2) is 18.6 Å². The fourth-order valence-corrected chi connectivity index (χ4v) is 1.86. The van der Waals surface area contributed by atoms with Gasteiger partial charge in [0.2, 0.25) is 5.13 Å². The van der Waals surface area contributed by atoms with Crippen molar-refractivity contribution in [2.24, 2.45) is 0 Å². The second kappa shape index (κ2) is 3.54. The lowest BCUT2D eigenvalue weighted by atomic mass is 10.4. The molecule has 1 aliphatic rings. The molecule has 0 saturated heterocycles. The van der Waals surface area contributed by atoms with E-state index in [2.05, 4.69) is 24.6 Å². The summed E-state index contributed by atoms with van der Waals surface area (Å²) in [5.74, 6) is 0.649. The summed E-state index contributed by atoms with van der Waals surface area (Å²) in [4.78, 5) is 12.5. The summed E-state index contributed by atoms with van der Waals surface area (Å²) < 4.78 is 4.23. The van der Waals surface area contributed by atoms with Crippen molar-refractivity contribution in [2.75, 3.05) is 5.32 Å². The first-order chi connectivity index (χ1) is 7.42. The minimum atomic E-state index is 0.604. The Hall–Kier alpha value is -1.56. The Morgan fingerprint density at radius 1 is 1.33 bits per heavy atom. The first kappa shape index (κ1) is 8.72. The van der Waals surface area contributed by atoms with E-state index in [0.717, 1.165) is 10.8 Å². The molecule has 1 N–H and O–H groups in total. The van der Waals surface area contributed by atoms with Crippen LogP contribution in [0.4, 0.5) is 5.13 Å². The van der Waals surface area contributed by atoms with Gasteiger partial charge in [0.05, 0.1) is 6.20 Å². The van der Waals surface area contributed by atoms with Crippen LogP contribution in [0.2, 0.25) is 0 Å². The van der Waals surface area contributed by atoms with Gasteiger partial charge in [-0.15, -0.1) is 0 Å². The molecule has 1 fully saturated rings. The van der Waals surface area contributed by atoms with Gasteiger partial charge in [-0.3, -0.25) is 4.98 Å². The Balaban J connectivity index is 1.83. The van der Waals surface area contributed by atoms with Crippen molar-refractivity contribution < 1.29 is 0 Å². The smallest absolute Gasteiger partial charge is 0.203 e. The van der Waals surface area contributed by atoms with E-state index in [1.54, 1.807) is 18.6 Å². The van der Waals surface area contributed by atoms with E-state index in [0.29, 0.717) is 11.9 Å². The monoisotopic (exact) mass is 219 g/mol. The normalized spacial score (nSPS) is 15.2. The second-order valence-corrected chi connectivity index (χ2v) is 4.18. The molecular formula is C9H9N5S. The SMILES string of the molecule is c1cnc(-c2nsc(NC3CC3)n2)cn1. The van der Waals surface area contributed by atoms with Gasteiger partial charge in [0, 0.05) is 30.0 Å². The molecule has 0 unspecified atom stereocenters. The van der Waals surface area contributed by atoms with Crippen molar-refractivity contribution in [3.05, 3.63) is 18.6 Å². The van der Waals surface area contributed by atoms with Gasteiger partial charge in [-0.1, -0.05) is 0 Å². The van der Waals surface area contributed by atoms with Crippen LogP contribution in [0.5, 0.6) is 0 Å². The fraction of sp³-hybridized carbons (Fsp3) is 0.333. The maximum atomic E-state index is 4.35. The van der Waals surface area contributed by atoms with Crippen molar-refractivity contribution in [3.8, 4) is 11.5 Å². The summed E-state index contributed by atoms with van der Waals surface area (Å²) >= 11 is 1.37. The molecule has 0 aliphatic heterocycles. The highest BCUT2D eigenvalue weighted by molar-refractivity contribution is 7.09. The van der Waals surface area contributed by atoms with Crippen LogP contribution in [0.3, 0.4) is 0 Å². The molecule has 0 radical (unpaired) electrons. The van der Waals surface area contributed by atoms with Gasteiger partial charge in [0.25, 0.3) is 0 Å². The Labute approximate surface area is 90.8 Å². The summed E-state index contributed by atoms with van der Waals surface area (Å²) in [6, 6.07) is 0.604. The van der Waals surface area contributed by atoms with Crippen LogP contribution in [0, 0.1) is 0 Å². The highest BCUT2D eigenvalue weighted by atomic mass is 32.1. The van der Waals surface area contributed by atoms with E-state index in [-0.39, 0.29) is 0 Å². The first-order valence-corrected chi connectivity index (χ1v) is 5.56. The lowest BCUT2D eigenvalue weighted by Crippen LogP contribution is -1.99. The van der Waals surface area contributed by atoms with Crippen molar-refractivity contribution in [1.29, 1.82) is 0 Å². The van der Waals surface area contributed by atoms with Crippen molar-refractivity contribution in [3.63, 3.8) is 0 Å². The van der Waals surface area contributed by atoms with Gasteiger partial charge in [-0.05, 0) is 12.8 Å². The number of nitrogens with one attached hydrogen (secondary N) is 1. The maximum absolute atomic E-state index is 4.35. The molecule has 15 heavy (non-hydrogen) atoms. The number of hydrogen-bond donors (Lipinski definition) is 1. The molecular weight excluding hydrogens is 210 g/mol. The van der Waals surface area contributed by atoms with Gasteiger partial charge in [0.15, 0.2) is 5.82 Å². The molecule has 3 rings (SSSR count). The third-order valence-corrected chi connectivity index (χ3v) is 2.77. The Morgan fingerprint density at radius 2 is 2.27 bits per heavy atom. The number of rotatable bonds is 3. The largest absolute Gasteiger partial charge is 0.358 e. The molecule has 1 saturated carbocycles. The number of aromatic nitrogens is 4. The quantitative estimate of drug-likeness (QED) is 0.848. The Kier molecular flexibility index (Phi) is 2.06. The minimum absolute atomic E-state index is 0.604. The zero-order chi connectivity index (χ0) is 10.1. The van der Waals surface area contributed by atoms with Gasteiger partial charge in [-0.2, -0.15) is 9.36 Å². The zero-order valence-corrected chi connectivity index (χ0v) is 8.74. The molecule has 2 heterocycles. The van der Waals surface area contributed by atoms with Gasteiger partial charge < -0.3 is 5.32 Å². The van der Waals surface area contributed by atoms with Crippen LogP contribution in [-0.4, -0.2) is 25.4 Å². The van der Waals surface area contributed by atoms with Crippen LogP contribution in [0.1, 0.15) is 12.8 Å². The molecule has 2 aromatic heterocycles. The predicted molar refractivity (Wildman–Crippen MR) is 57.6 cm³/mol. The molecule has 0 amide bonds. The summed E-state index contributed by atoms with van der Waals surface area (Å²) in [6.45, 7) is 0. The maximum Gasteiger partial charge on any atom is 0.203 e. The molecule has 2 aromatic rings. The van der Waals surface area contributed by atoms with E-state index in [1.165, 1.54) is 24.4 Å². The molecule has 0 aromatic carbocycles. The fourth-order valence-electron chi connectivity index (χ4n) is 1.20. The van der Waals surface area contributed by atoms with Gasteiger partial charge in [-0.25, -0.2) is 4.98 Å². The molecule has 0 bridgehead atoms. The van der Waals surface area contributed by atoms with Crippen LogP contribution < -0.4 is 5.32 Å². The summed E-state index contributed by atoms with van der Waals surface area (Å²) in [7, 11) is 0. The average molecular weight is 219 g/mol. The molecule has 5 nitrogen and oxygen atoms in total. The average Bonchev–Trinajstić information content (AvgIpc) is 2.96. The third-order valence-electron chi connectivity index (χ3n) is 2.12. The van der Waals surface area contributed by atoms with Crippen LogP contribution >= 0.6 is 11.5 Å². The highest BCUT2D eigenvalue weighted by Crippen LogP contribution is 2.26. The minimum Gasteiger partial charge on any atom is -0.358 e. The van der Waals surface area contributed by atoms with Gasteiger partial charge in [0.1, 0.15) is 5.69 Å². The molecule has 0 spiro atoms. The van der Waals surface area contributed by atoms with Crippen molar-refractivity contribution >= 4 is 16.7 Å². The molecule has 76 valence electrons. The molecule has 1 aliphatic carbocycles. The molecule has 0 atom stereocenters. The molecule has 6 heteroatoms. The summed E-state index contributed by atoms with van der Waals surface area (Å²) in [5.41, 5.74) is 0.720.